The molecule has 0 atom stereocenters. The molecule has 0 aliphatic carbocycles. The van der Waals surface area contributed by atoms with E-state index in [9.17, 15) is 19.7 Å². The zero-order chi connectivity index (χ0) is 21.1. The van der Waals surface area contributed by atoms with Crippen molar-refractivity contribution in [2.75, 3.05) is 13.2 Å². The van der Waals surface area contributed by atoms with Crippen molar-refractivity contribution < 1.29 is 24.0 Å². The molecule has 0 radical (unpaired) electrons. The van der Waals surface area contributed by atoms with Crippen LogP contribution in [0.25, 0.3) is 16.6 Å². The van der Waals surface area contributed by atoms with E-state index in [4.69, 9.17) is 9.47 Å². The van der Waals surface area contributed by atoms with E-state index >= 15 is 0 Å². The number of aryl methyl sites for hydroxylation is 1. The van der Waals surface area contributed by atoms with E-state index in [1.54, 1.807) is 55.6 Å². The summed E-state index contributed by atoms with van der Waals surface area (Å²) in [5.74, 6) is -0.612. The highest BCUT2D eigenvalue weighted by atomic mass is 16.6. The molecule has 0 N–H and O–H groups in total. The summed E-state index contributed by atoms with van der Waals surface area (Å²) in [5, 5.41) is 11.6. The zero-order valence-corrected chi connectivity index (χ0v) is 16.3. The predicted octanol–water partition coefficient (Wildman–Crippen LogP) is 4.21. The lowest BCUT2D eigenvalue weighted by atomic mass is 9.97. The molecule has 8 nitrogen and oxygen atoms in total. The average Bonchev–Trinajstić information content (AvgIpc) is 3.03. The number of aromatic nitrogens is 1. The van der Waals surface area contributed by atoms with Crippen molar-refractivity contribution in [2.24, 2.45) is 0 Å². The molecule has 3 rings (SSSR count). The molecule has 0 saturated carbocycles. The van der Waals surface area contributed by atoms with Crippen LogP contribution in [0.1, 0.15) is 40.3 Å². The van der Waals surface area contributed by atoms with Crippen LogP contribution in [-0.4, -0.2) is 34.8 Å². The maximum atomic E-state index is 12.8. The Morgan fingerprint density at radius 3 is 2.62 bits per heavy atom. The maximum Gasteiger partial charge on any atom is 0.340 e. The Morgan fingerprint density at radius 2 is 2.00 bits per heavy atom. The number of pyridine rings is 1. The summed E-state index contributed by atoms with van der Waals surface area (Å²) in [6.07, 6.45) is 2.27. The van der Waals surface area contributed by atoms with Gasteiger partial charge in [-0.25, -0.2) is 4.79 Å². The molecular formula is C21H20N2O6. The van der Waals surface area contributed by atoms with Crippen LogP contribution >= 0.6 is 0 Å². The number of nitrogens with zero attached hydrogens (tertiary/aromatic N) is 2. The minimum absolute atomic E-state index is 0.00709. The molecule has 1 aromatic carbocycles. The summed E-state index contributed by atoms with van der Waals surface area (Å²) in [6.45, 7) is 5.41. The largest absolute Gasteiger partial charge is 0.487 e. The Balaban J connectivity index is 2.50. The van der Waals surface area contributed by atoms with Gasteiger partial charge in [-0.1, -0.05) is 6.07 Å². The van der Waals surface area contributed by atoms with Crippen molar-refractivity contribution in [2.45, 2.75) is 20.8 Å². The van der Waals surface area contributed by atoms with Crippen molar-refractivity contribution in [3.63, 3.8) is 0 Å². The summed E-state index contributed by atoms with van der Waals surface area (Å²) in [5.41, 5.74) is 1.72. The van der Waals surface area contributed by atoms with Gasteiger partial charge >= 0.3 is 11.7 Å². The van der Waals surface area contributed by atoms with Crippen LogP contribution in [0.3, 0.4) is 0 Å². The van der Waals surface area contributed by atoms with Crippen molar-refractivity contribution in [3.8, 4) is 16.9 Å². The number of hydrogen-bond donors (Lipinski definition) is 0. The summed E-state index contributed by atoms with van der Waals surface area (Å²) < 4.78 is 12.4. The van der Waals surface area contributed by atoms with Gasteiger partial charge in [0.2, 0.25) is 5.75 Å². The number of aldehydes is 1. The Bertz CT molecular complexity index is 1120. The molecule has 3 aromatic rings. The highest BCUT2D eigenvalue weighted by Gasteiger charge is 2.30. The van der Waals surface area contributed by atoms with Crippen molar-refractivity contribution >= 4 is 23.5 Å². The van der Waals surface area contributed by atoms with Crippen LogP contribution in [0.15, 0.2) is 36.5 Å². The molecule has 2 heterocycles. The molecule has 0 aliphatic heterocycles. The van der Waals surface area contributed by atoms with Crippen LogP contribution in [0.2, 0.25) is 0 Å². The second-order valence-electron chi connectivity index (χ2n) is 6.28. The SMILES string of the molecule is CCOC(=O)c1c(-c2cc(C)cc([N+](=O)[O-])c2OCC)c(C=O)n2ccccc12. The lowest BCUT2D eigenvalue weighted by Gasteiger charge is -2.13. The number of nitro groups is 1. The van der Waals surface area contributed by atoms with E-state index in [1.807, 2.05) is 0 Å². The monoisotopic (exact) mass is 396 g/mol. The average molecular weight is 396 g/mol. The number of carbonyl (C=O) groups excluding carboxylic acids is 2. The number of rotatable bonds is 7. The van der Waals surface area contributed by atoms with Gasteiger partial charge < -0.3 is 13.9 Å². The molecule has 0 amide bonds. The van der Waals surface area contributed by atoms with Gasteiger partial charge in [0.25, 0.3) is 0 Å². The number of ether oxygens (including phenoxy) is 2. The molecular weight excluding hydrogens is 376 g/mol. The Hall–Kier alpha value is -3.68. The van der Waals surface area contributed by atoms with Gasteiger partial charge in [-0.15, -0.1) is 0 Å². The van der Waals surface area contributed by atoms with Gasteiger partial charge in [0.1, 0.15) is 0 Å². The number of benzene rings is 1. The lowest BCUT2D eigenvalue weighted by Crippen LogP contribution is -2.07. The van der Waals surface area contributed by atoms with E-state index in [0.717, 1.165) is 0 Å². The molecule has 0 unspecified atom stereocenters. The van der Waals surface area contributed by atoms with Gasteiger partial charge in [-0.3, -0.25) is 14.9 Å². The van der Waals surface area contributed by atoms with Gasteiger partial charge in [-0.2, -0.15) is 0 Å². The van der Waals surface area contributed by atoms with E-state index in [2.05, 4.69) is 0 Å². The normalized spacial score (nSPS) is 10.7. The van der Waals surface area contributed by atoms with Crippen LogP contribution in [0.4, 0.5) is 5.69 Å². The van der Waals surface area contributed by atoms with Crippen LogP contribution in [-0.2, 0) is 4.74 Å². The van der Waals surface area contributed by atoms with Crippen LogP contribution < -0.4 is 4.74 Å². The third kappa shape index (κ3) is 3.44. The third-order valence-corrected chi connectivity index (χ3v) is 4.44. The number of nitro benzene ring substituents is 1. The minimum atomic E-state index is -0.620. The summed E-state index contributed by atoms with van der Waals surface area (Å²) in [4.78, 5) is 36.0. The highest BCUT2D eigenvalue weighted by molar-refractivity contribution is 6.10. The molecule has 0 saturated heterocycles. The second kappa shape index (κ2) is 8.14. The minimum Gasteiger partial charge on any atom is -0.487 e. The predicted molar refractivity (Wildman–Crippen MR) is 107 cm³/mol. The molecule has 0 bridgehead atoms. The lowest BCUT2D eigenvalue weighted by molar-refractivity contribution is -0.385. The number of carbonyl (C=O) groups is 2. The molecule has 0 spiro atoms. The van der Waals surface area contributed by atoms with Crippen molar-refractivity contribution in [1.82, 2.24) is 4.40 Å². The van der Waals surface area contributed by atoms with Crippen LogP contribution in [0.5, 0.6) is 5.75 Å². The Kier molecular flexibility index (Phi) is 5.63. The smallest absolute Gasteiger partial charge is 0.340 e. The number of esters is 1. The van der Waals surface area contributed by atoms with Crippen LogP contribution in [0, 0.1) is 17.0 Å². The molecule has 0 aliphatic rings. The standard InChI is InChI=1S/C21H20N2O6/c1-4-28-20-14(10-13(3)11-16(20)23(26)27)18-17(12-24)22-9-7-6-8-15(22)19(18)21(25)29-5-2/h6-12H,4-5H2,1-3H3. The first-order chi connectivity index (χ1) is 13.9. The second-order valence-corrected chi connectivity index (χ2v) is 6.28. The summed E-state index contributed by atoms with van der Waals surface area (Å²) in [7, 11) is 0. The first-order valence-corrected chi connectivity index (χ1v) is 9.12. The van der Waals surface area contributed by atoms with Gasteiger partial charge in [-0.05, 0) is 44.5 Å². The molecule has 8 heteroatoms. The van der Waals surface area contributed by atoms with Crippen molar-refractivity contribution in [1.29, 1.82) is 0 Å². The summed E-state index contributed by atoms with van der Waals surface area (Å²) in [6, 6.07) is 8.21. The third-order valence-electron chi connectivity index (χ3n) is 4.44. The highest BCUT2D eigenvalue weighted by Crippen LogP contribution is 2.43. The Labute approximate surface area is 166 Å². The Morgan fingerprint density at radius 1 is 1.24 bits per heavy atom. The fourth-order valence-electron chi connectivity index (χ4n) is 3.40. The van der Waals surface area contributed by atoms with E-state index in [1.165, 1.54) is 6.07 Å². The molecule has 0 fully saturated rings. The zero-order valence-electron chi connectivity index (χ0n) is 16.3. The fourth-order valence-corrected chi connectivity index (χ4v) is 3.40. The van der Waals surface area contributed by atoms with E-state index < -0.39 is 10.9 Å². The fraction of sp³-hybridized carbons (Fsp3) is 0.238. The van der Waals surface area contributed by atoms with Gasteiger partial charge in [0.05, 0.1) is 34.9 Å². The van der Waals surface area contributed by atoms with Gasteiger partial charge in [0, 0.05) is 23.4 Å². The first kappa shape index (κ1) is 20.1. The quantitative estimate of drug-likeness (QED) is 0.257. The number of hydrogen-bond acceptors (Lipinski definition) is 6. The molecule has 2 aromatic heterocycles. The molecule has 150 valence electrons. The van der Waals surface area contributed by atoms with E-state index in [-0.39, 0.29) is 41.5 Å². The molecule has 29 heavy (non-hydrogen) atoms. The topological polar surface area (TPSA) is 100 Å². The number of fused-ring (bicyclic) bond motifs is 1. The maximum absolute atomic E-state index is 12.8. The van der Waals surface area contributed by atoms with E-state index in [0.29, 0.717) is 22.9 Å². The summed E-state index contributed by atoms with van der Waals surface area (Å²) >= 11 is 0. The van der Waals surface area contributed by atoms with Gasteiger partial charge in [0.15, 0.2) is 6.29 Å². The van der Waals surface area contributed by atoms with Crippen molar-refractivity contribution in [3.05, 3.63) is 63.5 Å². The first-order valence-electron chi connectivity index (χ1n) is 9.12.